The number of anilines is 1. The molecule has 1 aromatic carbocycles. The molecular weight excluding hydrogens is 396 g/mol. The van der Waals surface area contributed by atoms with Gasteiger partial charge in [0.2, 0.25) is 12.7 Å². The molecule has 3 rings (SSSR count). The fraction of sp³-hybridized carbons (Fsp3) is 0.350. The van der Waals surface area contributed by atoms with E-state index >= 15 is 0 Å². The van der Waals surface area contributed by atoms with Gasteiger partial charge >= 0.3 is 5.97 Å². The predicted molar refractivity (Wildman–Crippen MR) is 107 cm³/mol. The second-order valence-corrected chi connectivity index (χ2v) is 7.85. The SMILES string of the molecule is CC(=O)Nc1sc(C)c(C)c1C(=O)OC(C)C(=O)NCc1ccc2c(c1)OCO2. The summed E-state index contributed by atoms with van der Waals surface area (Å²) < 4.78 is 15.9. The minimum Gasteiger partial charge on any atom is -0.454 e. The van der Waals surface area contributed by atoms with Gasteiger partial charge in [0.25, 0.3) is 5.91 Å². The maximum Gasteiger partial charge on any atom is 0.342 e. The van der Waals surface area contributed by atoms with E-state index in [-0.39, 0.29) is 24.8 Å². The first kappa shape index (κ1) is 20.7. The van der Waals surface area contributed by atoms with Crippen molar-refractivity contribution in [3.63, 3.8) is 0 Å². The number of ether oxygens (including phenoxy) is 3. The molecule has 1 atom stereocenters. The Kier molecular flexibility index (Phi) is 6.07. The highest BCUT2D eigenvalue weighted by Gasteiger charge is 2.25. The van der Waals surface area contributed by atoms with Gasteiger partial charge in [0.15, 0.2) is 17.6 Å². The quantitative estimate of drug-likeness (QED) is 0.700. The highest BCUT2D eigenvalue weighted by molar-refractivity contribution is 7.16. The molecule has 2 heterocycles. The molecule has 1 aliphatic rings. The van der Waals surface area contributed by atoms with Gasteiger partial charge < -0.3 is 24.8 Å². The fourth-order valence-electron chi connectivity index (χ4n) is 2.78. The smallest absolute Gasteiger partial charge is 0.342 e. The summed E-state index contributed by atoms with van der Waals surface area (Å²) in [7, 11) is 0. The zero-order chi connectivity index (χ0) is 21.1. The number of esters is 1. The number of nitrogens with one attached hydrogen (secondary N) is 2. The van der Waals surface area contributed by atoms with Gasteiger partial charge in [-0.15, -0.1) is 11.3 Å². The maximum absolute atomic E-state index is 12.6. The molecule has 0 aliphatic carbocycles. The summed E-state index contributed by atoms with van der Waals surface area (Å²) in [5.41, 5.74) is 1.83. The number of carbonyl (C=O) groups excluding carboxylic acids is 3. The molecule has 1 unspecified atom stereocenters. The first-order valence-electron chi connectivity index (χ1n) is 9.01. The number of rotatable bonds is 6. The van der Waals surface area contributed by atoms with E-state index in [2.05, 4.69) is 10.6 Å². The van der Waals surface area contributed by atoms with Gasteiger partial charge in [0.1, 0.15) is 5.00 Å². The van der Waals surface area contributed by atoms with Crippen LogP contribution in [0.1, 0.15) is 40.2 Å². The van der Waals surface area contributed by atoms with Crippen molar-refractivity contribution >= 4 is 34.1 Å². The first-order chi connectivity index (χ1) is 13.8. The Morgan fingerprint density at radius 2 is 1.93 bits per heavy atom. The van der Waals surface area contributed by atoms with Crippen LogP contribution in [0.2, 0.25) is 0 Å². The van der Waals surface area contributed by atoms with Gasteiger partial charge in [-0.1, -0.05) is 6.07 Å². The molecule has 8 nitrogen and oxygen atoms in total. The Morgan fingerprint density at radius 1 is 1.21 bits per heavy atom. The van der Waals surface area contributed by atoms with Gasteiger partial charge in [-0.2, -0.15) is 0 Å². The number of thiophene rings is 1. The summed E-state index contributed by atoms with van der Waals surface area (Å²) >= 11 is 1.29. The van der Waals surface area contributed by atoms with Crippen LogP contribution in [0.25, 0.3) is 0 Å². The van der Waals surface area contributed by atoms with Crippen LogP contribution >= 0.6 is 11.3 Å². The first-order valence-corrected chi connectivity index (χ1v) is 9.82. The normalized spacial score (nSPS) is 13.0. The van der Waals surface area contributed by atoms with Gasteiger partial charge in [-0.05, 0) is 44.0 Å². The summed E-state index contributed by atoms with van der Waals surface area (Å²) in [6, 6.07) is 5.39. The van der Waals surface area contributed by atoms with Crippen LogP contribution in [-0.2, 0) is 20.9 Å². The largest absolute Gasteiger partial charge is 0.454 e. The summed E-state index contributed by atoms with van der Waals surface area (Å²) in [5.74, 6) is -0.0679. The molecule has 0 bridgehead atoms. The number of fused-ring (bicyclic) bond motifs is 1. The van der Waals surface area contributed by atoms with Gasteiger partial charge in [-0.3, -0.25) is 9.59 Å². The Labute approximate surface area is 172 Å². The van der Waals surface area contributed by atoms with Crippen molar-refractivity contribution < 1.29 is 28.6 Å². The van der Waals surface area contributed by atoms with Gasteiger partial charge in [0.05, 0.1) is 5.56 Å². The number of amides is 2. The molecule has 2 amide bonds. The van der Waals surface area contributed by atoms with Crippen LogP contribution in [0.4, 0.5) is 5.00 Å². The van der Waals surface area contributed by atoms with Gasteiger partial charge in [0, 0.05) is 18.3 Å². The minimum atomic E-state index is -0.999. The van der Waals surface area contributed by atoms with Gasteiger partial charge in [-0.25, -0.2) is 4.79 Å². The molecule has 9 heteroatoms. The topological polar surface area (TPSA) is 103 Å². The molecule has 154 valence electrons. The van der Waals surface area contributed by atoms with Crippen LogP contribution in [0.3, 0.4) is 0 Å². The zero-order valence-electron chi connectivity index (χ0n) is 16.6. The summed E-state index contributed by atoms with van der Waals surface area (Å²) in [5, 5.41) is 5.80. The van der Waals surface area contributed by atoms with Crippen molar-refractivity contribution in [3.8, 4) is 11.5 Å². The molecule has 2 aromatic rings. The second-order valence-electron chi connectivity index (χ2n) is 6.62. The lowest BCUT2D eigenvalue weighted by molar-refractivity contribution is -0.129. The van der Waals surface area contributed by atoms with E-state index in [9.17, 15) is 14.4 Å². The van der Waals surface area contributed by atoms with E-state index in [4.69, 9.17) is 14.2 Å². The van der Waals surface area contributed by atoms with Crippen LogP contribution in [0.15, 0.2) is 18.2 Å². The molecule has 0 spiro atoms. The number of aryl methyl sites for hydroxylation is 1. The summed E-state index contributed by atoms with van der Waals surface area (Å²) in [6.45, 7) is 6.93. The molecule has 0 fully saturated rings. The Balaban J connectivity index is 1.61. The molecule has 29 heavy (non-hydrogen) atoms. The number of hydrogen-bond donors (Lipinski definition) is 2. The Hall–Kier alpha value is -3.07. The maximum atomic E-state index is 12.6. The number of benzene rings is 1. The molecular formula is C20H22N2O6S. The van der Waals surface area contributed by atoms with Crippen molar-refractivity contribution in [2.75, 3.05) is 12.1 Å². The van der Waals surface area contributed by atoms with E-state index in [1.807, 2.05) is 13.0 Å². The van der Waals surface area contributed by atoms with Crippen molar-refractivity contribution in [1.29, 1.82) is 0 Å². The average Bonchev–Trinajstić information content (AvgIpc) is 3.23. The monoisotopic (exact) mass is 418 g/mol. The molecule has 2 N–H and O–H groups in total. The van der Waals surface area contributed by atoms with Crippen molar-refractivity contribution in [2.24, 2.45) is 0 Å². The standard InChI is InChI=1S/C20H22N2O6S/c1-10-12(3)29-19(22-13(4)23)17(10)20(25)28-11(2)18(24)21-8-14-5-6-15-16(7-14)27-9-26-15/h5-7,11H,8-9H2,1-4H3,(H,21,24)(H,22,23). The van der Waals surface area contributed by atoms with Crippen molar-refractivity contribution in [3.05, 3.63) is 39.8 Å². The molecule has 0 saturated carbocycles. The minimum absolute atomic E-state index is 0.181. The number of carbonyl (C=O) groups is 3. The third-order valence-electron chi connectivity index (χ3n) is 4.44. The lowest BCUT2D eigenvalue weighted by Gasteiger charge is -2.14. The highest BCUT2D eigenvalue weighted by Crippen LogP contribution is 2.34. The predicted octanol–water partition coefficient (Wildman–Crippen LogP) is 2.91. The third-order valence-corrected chi connectivity index (χ3v) is 5.56. The molecule has 0 saturated heterocycles. The third kappa shape index (κ3) is 4.68. The van der Waals surface area contributed by atoms with Crippen LogP contribution in [0, 0.1) is 13.8 Å². The van der Waals surface area contributed by atoms with E-state index < -0.39 is 18.0 Å². The second kappa shape index (κ2) is 8.52. The fourth-order valence-corrected chi connectivity index (χ4v) is 3.87. The lowest BCUT2D eigenvalue weighted by Crippen LogP contribution is -2.35. The Bertz CT molecular complexity index is 968. The number of hydrogen-bond acceptors (Lipinski definition) is 7. The molecule has 1 aromatic heterocycles. The summed E-state index contributed by atoms with van der Waals surface area (Å²) in [6.07, 6.45) is -0.999. The lowest BCUT2D eigenvalue weighted by atomic mass is 10.1. The summed E-state index contributed by atoms with van der Waals surface area (Å²) in [4.78, 5) is 37.3. The Morgan fingerprint density at radius 3 is 2.66 bits per heavy atom. The average molecular weight is 418 g/mol. The zero-order valence-corrected chi connectivity index (χ0v) is 17.4. The van der Waals surface area contributed by atoms with Crippen LogP contribution in [-0.4, -0.2) is 30.7 Å². The van der Waals surface area contributed by atoms with E-state index in [1.54, 1.807) is 19.1 Å². The van der Waals surface area contributed by atoms with Crippen molar-refractivity contribution in [1.82, 2.24) is 5.32 Å². The van der Waals surface area contributed by atoms with E-state index in [0.29, 0.717) is 16.5 Å². The van der Waals surface area contributed by atoms with E-state index in [0.717, 1.165) is 16.0 Å². The van der Waals surface area contributed by atoms with Crippen LogP contribution in [0.5, 0.6) is 11.5 Å². The molecule has 1 aliphatic heterocycles. The van der Waals surface area contributed by atoms with Crippen molar-refractivity contribution in [2.45, 2.75) is 40.3 Å². The van der Waals surface area contributed by atoms with E-state index in [1.165, 1.54) is 25.2 Å². The molecule has 0 radical (unpaired) electrons. The highest BCUT2D eigenvalue weighted by atomic mass is 32.1. The van der Waals surface area contributed by atoms with Crippen LogP contribution < -0.4 is 20.1 Å².